The summed E-state index contributed by atoms with van der Waals surface area (Å²) in [6.07, 6.45) is 2.51. The van der Waals surface area contributed by atoms with Crippen molar-refractivity contribution < 1.29 is 14.0 Å². The minimum atomic E-state index is -1.84. The predicted molar refractivity (Wildman–Crippen MR) is 104 cm³/mol. The van der Waals surface area contributed by atoms with E-state index in [1.54, 1.807) is 13.0 Å². The fourth-order valence-corrected chi connectivity index (χ4v) is 3.88. The molecule has 25 heavy (non-hydrogen) atoms. The van der Waals surface area contributed by atoms with Crippen LogP contribution in [0, 0.1) is 5.41 Å². The van der Waals surface area contributed by atoms with E-state index in [-0.39, 0.29) is 16.6 Å². The molecule has 0 heterocycles. The van der Waals surface area contributed by atoms with Gasteiger partial charge in [0.05, 0.1) is 5.41 Å². The minimum absolute atomic E-state index is 0.0415. The third kappa shape index (κ3) is 4.18. The summed E-state index contributed by atoms with van der Waals surface area (Å²) in [5.74, 6) is -0.121. The second kappa shape index (κ2) is 7.00. The van der Waals surface area contributed by atoms with Crippen LogP contribution in [0.4, 0.5) is 0 Å². The fraction of sp³-hybridized carbons (Fsp3) is 0.524. The maximum atomic E-state index is 12.9. The van der Waals surface area contributed by atoms with Gasteiger partial charge in [0.15, 0.2) is 19.9 Å². The average molecular weight is 359 g/mol. The normalized spacial score (nSPS) is 21.6. The number of hydrogen-bond donors (Lipinski definition) is 0. The topological polar surface area (TPSA) is 43.4 Å². The van der Waals surface area contributed by atoms with E-state index in [0.29, 0.717) is 25.0 Å². The molecule has 1 atom stereocenters. The summed E-state index contributed by atoms with van der Waals surface area (Å²) >= 11 is 0. The second-order valence-corrected chi connectivity index (χ2v) is 13.5. The fourth-order valence-electron chi connectivity index (χ4n) is 2.84. The smallest absolute Gasteiger partial charge is 0.191 e. The van der Waals surface area contributed by atoms with Crippen molar-refractivity contribution in [1.82, 2.24) is 0 Å². The first-order valence-electron chi connectivity index (χ1n) is 8.95. The van der Waals surface area contributed by atoms with Crippen molar-refractivity contribution in [1.29, 1.82) is 0 Å². The Hall–Kier alpha value is -1.52. The molecule has 0 amide bonds. The third-order valence-electron chi connectivity index (χ3n) is 5.68. The van der Waals surface area contributed by atoms with E-state index in [4.69, 9.17) is 4.43 Å². The van der Waals surface area contributed by atoms with E-state index < -0.39 is 13.7 Å². The standard InChI is InChI=1S/C21H30O3Si/c1-20(2,3)25(5,6)24-13-12-17-14-18(22)21(4,19(17)23)15-16-10-8-7-9-11-16/h7-11,14H,12-13,15H2,1-6H3/t21-/m1/s1. The van der Waals surface area contributed by atoms with Crippen LogP contribution in [-0.4, -0.2) is 26.5 Å². The van der Waals surface area contributed by atoms with Crippen molar-refractivity contribution >= 4 is 19.9 Å². The lowest BCUT2D eigenvalue weighted by molar-refractivity contribution is -0.132. The highest BCUT2D eigenvalue weighted by molar-refractivity contribution is 6.74. The molecule has 0 fully saturated rings. The molecule has 4 heteroatoms. The lowest BCUT2D eigenvalue weighted by Crippen LogP contribution is -2.41. The first kappa shape index (κ1) is 19.8. The molecule has 0 aromatic heterocycles. The molecular formula is C21H30O3Si. The number of carbonyl (C=O) groups excluding carboxylic acids is 2. The Bertz CT molecular complexity index is 683. The first-order valence-corrected chi connectivity index (χ1v) is 11.9. The third-order valence-corrected chi connectivity index (χ3v) is 10.2. The van der Waals surface area contributed by atoms with Crippen molar-refractivity contribution in [3.05, 3.63) is 47.5 Å². The second-order valence-electron chi connectivity index (χ2n) is 8.72. The van der Waals surface area contributed by atoms with Gasteiger partial charge in [0.2, 0.25) is 0 Å². The van der Waals surface area contributed by atoms with Crippen molar-refractivity contribution in [2.45, 2.75) is 58.7 Å². The van der Waals surface area contributed by atoms with Crippen LogP contribution in [0.1, 0.15) is 39.7 Å². The number of Topliss-reactive ketones (excluding diaryl/α,β-unsaturated/α-hetero) is 1. The molecule has 1 aliphatic rings. The van der Waals surface area contributed by atoms with E-state index >= 15 is 0 Å². The Morgan fingerprint density at radius 3 is 2.24 bits per heavy atom. The van der Waals surface area contributed by atoms with Crippen LogP contribution in [0.2, 0.25) is 18.1 Å². The maximum Gasteiger partial charge on any atom is 0.191 e. The van der Waals surface area contributed by atoms with Crippen LogP contribution >= 0.6 is 0 Å². The average Bonchev–Trinajstić information content (AvgIpc) is 2.71. The molecule has 3 nitrogen and oxygen atoms in total. The van der Waals surface area contributed by atoms with E-state index in [1.165, 1.54) is 0 Å². The quantitative estimate of drug-likeness (QED) is 0.545. The van der Waals surface area contributed by atoms with E-state index in [1.807, 2.05) is 30.3 Å². The van der Waals surface area contributed by atoms with Gasteiger partial charge >= 0.3 is 0 Å². The van der Waals surface area contributed by atoms with Crippen LogP contribution in [-0.2, 0) is 20.4 Å². The van der Waals surface area contributed by atoms with Crippen LogP contribution < -0.4 is 0 Å². The summed E-state index contributed by atoms with van der Waals surface area (Å²) in [5.41, 5.74) is 0.661. The zero-order valence-corrected chi connectivity index (χ0v) is 17.3. The molecule has 0 radical (unpaired) electrons. The molecule has 1 aromatic carbocycles. The molecule has 0 spiro atoms. The monoisotopic (exact) mass is 358 g/mol. The van der Waals surface area contributed by atoms with Crippen molar-refractivity contribution in [3.8, 4) is 0 Å². The number of hydrogen-bond acceptors (Lipinski definition) is 3. The largest absolute Gasteiger partial charge is 0.416 e. The summed E-state index contributed by atoms with van der Waals surface area (Å²) in [6, 6.07) is 9.73. The zero-order valence-electron chi connectivity index (χ0n) is 16.3. The lowest BCUT2D eigenvalue weighted by atomic mass is 9.78. The molecule has 0 unspecified atom stereocenters. The van der Waals surface area contributed by atoms with Crippen LogP contribution in [0.5, 0.6) is 0 Å². The molecule has 136 valence electrons. The summed E-state index contributed by atoms with van der Waals surface area (Å²) < 4.78 is 6.16. The Morgan fingerprint density at radius 2 is 1.68 bits per heavy atom. The Labute approximate surface area is 152 Å². The molecule has 0 saturated carbocycles. The van der Waals surface area contributed by atoms with Gasteiger partial charge in [0.1, 0.15) is 0 Å². The summed E-state index contributed by atoms with van der Waals surface area (Å²) in [7, 11) is -1.84. The summed E-state index contributed by atoms with van der Waals surface area (Å²) in [5, 5.41) is 0.138. The maximum absolute atomic E-state index is 12.9. The Kier molecular flexibility index (Phi) is 5.55. The highest BCUT2D eigenvalue weighted by Gasteiger charge is 2.46. The number of ketones is 2. The number of benzene rings is 1. The number of allylic oxidation sites excluding steroid dienone is 1. The molecule has 1 aliphatic carbocycles. The molecule has 0 N–H and O–H groups in total. The van der Waals surface area contributed by atoms with Crippen molar-refractivity contribution in [3.63, 3.8) is 0 Å². The van der Waals surface area contributed by atoms with Gasteiger partial charge in [0, 0.05) is 12.2 Å². The molecule has 2 rings (SSSR count). The van der Waals surface area contributed by atoms with Gasteiger partial charge in [-0.25, -0.2) is 0 Å². The molecule has 0 bridgehead atoms. The molecular weight excluding hydrogens is 328 g/mol. The van der Waals surface area contributed by atoms with Gasteiger partial charge in [-0.3, -0.25) is 9.59 Å². The lowest BCUT2D eigenvalue weighted by Gasteiger charge is -2.36. The van der Waals surface area contributed by atoms with Crippen molar-refractivity contribution in [2.24, 2.45) is 5.41 Å². The van der Waals surface area contributed by atoms with Crippen molar-refractivity contribution in [2.75, 3.05) is 6.61 Å². The van der Waals surface area contributed by atoms with E-state index in [0.717, 1.165) is 5.56 Å². The SMILES string of the molecule is CC(C)(C)[Si](C)(C)OCCC1=CC(=O)[C@@](C)(Cc2ccccc2)C1=O. The molecule has 0 saturated heterocycles. The zero-order chi connectivity index (χ0) is 18.9. The van der Waals surface area contributed by atoms with E-state index in [9.17, 15) is 9.59 Å². The van der Waals surface area contributed by atoms with Crippen LogP contribution in [0.25, 0.3) is 0 Å². The van der Waals surface area contributed by atoms with Gasteiger partial charge in [-0.05, 0) is 49.5 Å². The minimum Gasteiger partial charge on any atom is -0.416 e. The predicted octanol–water partition coefficient (Wildman–Crippen LogP) is 4.73. The highest BCUT2D eigenvalue weighted by atomic mass is 28.4. The summed E-state index contributed by atoms with van der Waals surface area (Å²) in [4.78, 5) is 25.4. The number of carbonyl (C=O) groups is 2. The van der Waals surface area contributed by atoms with Gasteiger partial charge in [-0.15, -0.1) is 0 Å². The Morgan fingerprint density at radius 1 is 1.08 bits per heavy atom. The van der Waals surface area contributed by atoms with Gasteiger partial charge < -0.3 is 4.43 Å². The van der Waals surface area contributed by atoms with Crippen LogP contribution in [0.3, 0.4) is 0 Å². The van der Waals surface area contributed by atoms with E-state index in [2.05, 4.69) is 33.9 Å². The number of rotatable bonds is 6. The molecule has 1 aromatic rings. The van der Waals surface area contributed by atoms with Gasteiger partial charge in [-0.2, -0.15) is 0 Å². The van der Waals surface area contributed by atoms with Gasteiger partial charge in [0.25, 0.3) is 0 Å². The summed E-state index contributed by atoms with van der Waals surface area (Å²) in [6.45, 7) is 13.2. The molecule has 0 aliphatic heterocycles. The first-order chi connectivity index (χ1) is 11.5. The van der Waals surface area contributed by atoms with Gasteiger partial charge in [-0.1, -0.05) is 51.1 Å². The Balaban J connectivity index is 2.02. The van der Waals surface area contributed by atoms with Crippen LogP contribution in [0.15, 0.2) is 42.0 Å². The highest BCUT2D eigenvalue weighted by Crippen LogP contribution is 2.38.